The number of nitrogens with zero attached hydrogens (tertiary/aromatic N) is 1. The second-order valence-electron chi connectivity index (χ2n) is 3.62. The van der Waals surface area contributed by atoms with E-state index in [4.69, 9.17) is 5.73 Å². The second kappa shape index (κ2) is 4.90. The molecule has 0 amide bonds. The van der Waals surface area contributed by atoms with Crippen molar-refractivity contribution < 1.29 is 4.39 Å². The molecule has 0 saturated carbocycles. The molecule has 0 saturated heterocycles. The van der Waals surface area contributed by atoms with E-state index in [1.54, 1.807) is 24.4 Å². The first-order valence-corrected chi connectivity index (χ1v) is 5.30. The van der Waals surface area contributed by atoms with Crippen LogP contribution in [0.25, 0.3) is 11.3 Å². The predicted molar refractivity (Wildman–Crippen MR) is 61.4 cm³/mol. The number of aryl methyl sites for hydroxylation is 1. The molecule has 0 atom stereocenters. The molecule has 84 valence electrons. The smallest absolute Gasteiger partial charge is 0.132 e. The molecule has 0 radical (unpaired) electrons. The Kier molecular flexibility index (Phi) is 3.31. The van der Waals surface area contributed by atoms with E-state index in [-0.39, 0.29) is 5.82 Å². The maximum absolute atomic E-state index is 13.5. The van der Waals surface area contributed by atoms with Crippen molar-refractivity contribution in [2.75, 3.05) is 6.54 Å². The molecule has 1 aromatic carbocycles. The lowest BCUT2D eigenvalue weighted by atomic mass is 10.1. The van der Waals surface area contributed by atoms with Crippen molar-refractivity contribution in [1.82, 2.24) is 9.97 Å². The highest BCUT2D eigenvalue weighted by Crippen LogP contribution is 2.20. The molecule has 3 nitrogen and oxygen atoms in total. The number of aromatic nitrogens is 2. The maximum atomic E-state index is 13.5. The normalized spacial score (nSPS) is 10.6. The molecule has 0 aliphatic rings. The molecular formula is C12H14FN3. The van der Waals surface area contributed by atoms with Gasteiger partial charge < -0.3 is 10.7 Å². The van der Waals surface area contributed by atoms with Crippen molar-refractivity contribution in [1.29, 1.82) is 0 Å². The minimum Gasteiger partial charge on any atom is -0.342 e. The summed E-state index contributed by atoms with van der Waals surface area (Å²) in [5, 5.41) is 0. The minimum atomic E-state index is -0.239. The Morgan fingerprint density at radius 1 is 1.31 bits per heavy atom. The molecule has 0 aliphatic carbocycles. The second-order valence-corrected chi connectivity index (χ2v) is 3.62. The van der Waals surface area contributed by atoms with Crippen molar-refractivity contribution in [2.45, 2.75) is 12.8 Å². The fourth-order valence-electron chi connectivity index (χ4n) is 1.58. The molecule has 1 aromatic heterocycles. The predicted octanol–water partition coefficient (Wildman–Crippen LogP) is 2.11. The van der Waals surface area contributed by atoms with E-state index in [1.165, 1.54) is 6.07 Å². The lowest BCUT2D eigenvalue weighted by molar-refractivity contribution is 0.631. The van der Waals surface area contributed by atoms with Crippen LogP contribution in [0.1, 0.15) is 12.2 Å². The van der Waals surface area contributed by atoms with Gasteiger partial charge in [-0.2, -0.15) is 0 Å². The fraction of sp³-hybridized carbons (Fsp3) is 0.250. The van der Waals surface area contributed by atoms with E-state index in [2.05, 4.69) is 9.97 Å². The van der Waals surface area contributed by atoms with E-state index in [9.17, 15) is 4.39 Å². The number of nitrogens with one attached hydrogen (secondary N) is 1. The summed E-state index contributed by atoms with van der Waals surface area (Å²) in [5.74, 6) is 0.611. The van der Waals surface area contributed by atoms with Gasteiger partial charge in [-0.1, -0.05) is 12.1 Å². The van der Waals surface area contributed by atoms with E-state index in [0.29, 0.717) is 17.8 Å². The van der Waals surface area contributed by atoms with E-state index < -0.39 is 0 Å². The number of halogens is 1. The molecule has 0 unspecified atom stereocenters. The number of H-pyrrole nitrogens is 1. The van der Waals surface area contributed by atoms with Crippen LogP contribution in [-0.4, -0.2) is 16.5 Å². The van der Waals surface area contributed by atoms with Crippen molar-refractivity contribution in [2.24, 2.45) is 5.73 Å². The van der Waals surface area contributed by atoms with Gasteiger partial charge in [-0.05, 0) is 25.1 Å². The average molecular weight is 219 g/mol. The molecular weight excluding hydrogens is 205 g/mol. The van der Waals surface area contributed by atoms with Crippen molar-refractivity contribution in [3.8, 4) is 11.3 Å². The number of hydrogen-bond acceptors (Lipinski definition) is 2. The topological polar surface area (TPSA) is 54.7 Å². The lowest BCUT2D eigenvalue weighted by Crippen LogP contribution is -2.01. The molecule has 4 heteroatoms. The Morgan fingerprint density at radius 3 is 2.88 bits per heavy atom. The summed E-state index contributed by atoms with van der Waals surface area (Å²) in [4.78, 5) is 7.29. The number of rotatable bonds is 4. The first kappa shape index (κ1) is 10.8. The van der Waals surface area contributed by atoms with Gasteiger partial charge in [-0.15, -0.1) is 0 Å². The van der Waals surface area contributed by atoms with Crippen LogP contribution in [0.4, 0.5) is 4.39 Å². The third-order valence-electron chi connectivity index (χ3n) is 2.41. The molecule has 0 spiro atoms. The summed E-state index contributed by atoms with van der Waals surface area (Å²) < 4.78 is 13.5. The van der Waals surface area contributed by atoms with Crippen molar-refractivity contribution >= 4 is 0 Å². The van der Waals surface area contributed by atoms with Crippen molar-refractivity contribution in [3.63, 3.8) is 0 Å². The van der Waals surface area contributed by atoms with E-state index >= 15 is 0 Å². The summed E-state index contributed by atoms with van der Waals surface area (Å²) >= 11 is 0. The summed E-state index contributed by atoms with van der Waals surface area (Å²) in [7, 11) is 0. The van der Waals surface area contributed by atoms with Gasteiger partial charge in [-0.3, -0.25) is 0 Å². The summed E-state index contributed by atoms with van der Waals surface area (Å²) in [6.45, 7) is 0.635. The monoisotopic (exact) mass is 219 g/mol. The van der Waals surface area contributed by atoms with Gasteiger partial charge in [-0.25, -0.2) is 9.37 Å². The number of aromatic amines is 1. The zero-order chi connectivity index (χ0) is 11.4. The fourth-order valence-corrected chi connectivity index (χ4v) is 1.58. The third kappa shape index (κ3) is 2.28. The Bertz CT molecular complexity index is 465. The van der Waals surface area contributed by atoms with Gasteiger partial charge in [0.25, 0.3) is 0 Å². The Hall–Kier alpha value is -1.68. The van der Waals surface area contributed by atoms with Crippen LogP contribution in [0.3, 0.4) is 0 Å². The van der Waals surface area contributed by atoms with Crippen LogP contribution >= 0.6 is 0 Å². The highest BCUT2D eigenvalue weighted by Gasteiger charge is 2.06. The summed E-state index contributed by atoms with van der Waals surface area (Å²) in [5.41, 5.74) is 6.68. The van der Waals surface area contributed by atoms with Crippen LogP contribution in [-0.2, 0) is 6.42 Å². The largest absolute Gasteiger partial charge is 0.342 e. The number of benzene rings is 1. The minimum absolute atomic E-state index is 0.239. The van der Waals surface area contributed by atoms with E-state index in [1.807, 2.05) is 0 Å². The maximum Gasteiger partial charge on any atom is 0.132 e. The third-order valence-corrected chi connectivity index (χ3v) is 2.41. The van der Waals surface area contributed by atoms with Gasteiger partial charge in [0, 0.05) is 12.0 Å². The molecule has 1 heterocycles. The highest BCUT2D eigenvalue weighted by molar-refractivity contribution is 5.59. The van der Waals surface area contributed by atoms with Crippen LogP contribution in [0.2, 0.25) is 0 Å². The quantitative estimate of drug-likeness (QED) is 0.827. The number of nitrogens with two attached hydrogens (primary N) is 1. The number of imidazole rings is 1. The van der Waals surface area contributed by atoms with Gasteiger partial charge >= 0.3 is 0 Å². The summed E-state index contributed by atoms with van der Waals surface area (Å²) in [6, 6.07) is 6.65. The van der Waals surface area contributed by atoms with Crippen molar-refractivity contribution in [3.05, 3.63) is 42.1 Å². The molecule has 0 aliphatic heterocycles. The van der Waals surface area contributed by atoms with Gasteiger partial charge in [0.05, 0.1) is 11.9 Å². The molecule has 0 fully saturated rings. The molecule has 0 bridgehead atoms. The average Bonchev–Trinajstić information content (AvgIpc) is 2.75. The molecule has 2 aromatic rings. The Balaban J connectivity index is 2.22. The number of hydrogen-bond donors (Lipinski definition) is 2. The zero-order valence-electron chi connectivity index (χ0n) is 8.91. The SMILES string of the molecule is NCCCc1ncc(-c2ccccc2F)[nH]1. The standard InChI is InChI=1S/C12H14FN3/c13-10-5-2-1-4-9(10)11-8-15-12(16-11)6-3-7-14/h1-2,4-5,8H,3,6-7,14H2,(H,15,16). The summed E-state index contributed by atoms with van der Waals surface area (Å²) in [6.07, 6.45) is 3.33. The molecule has 3 N–H and O–H groups in total. The highest BCUT2D eigenvalue weighted by atomic mass is 19.1. The van der Waals surface area contributed by atoms with Crippen LogP contribution in [0, 0.1) is 5.82 Å². The van der Waals surface area contributed by atoms with Gasteiger partial charge in [0.15, 0.2) is 0 Å². The van der Waals surface area contributed by atoms with Crippen LogP contribution < -0.4 is 5.73 Å². The Labute approximate surface area is 93.5 Å². The first-order valence-electron chi connectivity index (χ1n) is 5.30. The first-order chi connectivity index (χ1) is 7.81. The molecule has 2 rings (SSSR count). The molecule has 16 heavy (non-hydrogen) atoms. The van der Waals surface area contributed by atoms with E-state index in [0.717, 1.165) is 18.7 Å². The van der Waals surface area contributed by atoms with Gasteiger partial charge in [0.1, 0.15) is 11.6 Å². The van der Waals surface area contributed by atoms with Gasteiger partial charge in [0.2, 0.25) is 0 Å². The van der Waals surface area contributed by atoms with Crippen LogP contribution in [0.5, 0.6) is 0 Å². The Morgan fingerprint density at radius 2 is 2.12 bits per heavy atom. The van der Waals surface area contributed by atoms with Crippen LogP contribution in [0.15, 0.2) is 30.5 Å². The lowest BCUT2D eigenvalue weighted by Gasteiger charge is -1.98. The zero-order valence-corrected chi connectivity index (χ0v) is 8.91.